The van der Waals surface area contributed by atoms with Gasteiger partial charge in [-0.05, 0) is 81.5 Å². The fourth-order valence-electron chi connectivity index (χ4n) is 8.35. The van der Waals surface area contributed by atoms with E-state index in [0.717, 1.165) is 57.8 Å². The summed E-state index contributed by atoms with van der Waals surface area (Å²) in [6.45, 7) is 8.78. The van der Waals surface area contributed by atoms with E-state index >= 15 is 0 Å². The zero-order valence-corrected chi connectivity index (χ0v) is 19.7. The highest BCUT2D eigenvalue weighted by Crippen LogP contribution is 2.69. The lowest BCUT2D eigenvalue weighted by atomic mass is 9.39. The zero-order valence-electron chi connectivity index (χ0n) is 19.7. The Balaban J connectivity index is 1.57. The minimum atomic E-state index is -0.996. The molecular weight excluding hydrogens is 396 g/mol. The van der Waals surface area contributed by atoms with Crippen LogP contribution in [0.4, 0.5) is 0 Å². The van der Waals surface area contributed by atoms with Crippen molar-refractivity contribution in [2.24, 2.45) is 28.1 Å². The quantitative estimate of drug-likeness (QED) is 0.583. The molecule has 9 unspecified atom stereocenters. The van der Waals surface area contributed by atoms with E-state index in [0.29, 0.717) is 5.92 Å². The molecule has 0 aromatic carbocycles. The molecule has 0 aromatic rings. The van der Waals surface area contributed by atoms with Crippen molar-refractivity contribution in [3.63, 3.8) is 0 Å². The predicted octanol–water partition coefficient (Wildman–Crippen LogP) is 3.55. The summed E-state index contributed by atoms with van der Waals surface area (Å²) in [6.07, 6.45) is 6.13. The van der Waals surface area contributed by atoms with Crippen LogP contribution >= 0.6 is 0 Å². The number of rotatable bonds is 3. The fourth-order valence-corrected chi connectivity index (χ4v) is 8.35. The van der Waals surface area contributed by atoms with Crippen molar-refractivity contribution in [3.05, 3.63) is 0 Å². The lowest BCUT2D eigenvalue weighted by molar-refractivity contribution is -0.249. The summed E-state index contributed by atoms with van der Waals surface area (Å²) in [5, 5.41) is 30.8. The number of carbonyl (C=O) groups excluding carboxylic acids is 1. The lowest BCUT2D eigenvalue weighted by Crippen LogP contribution is -2.61. The normalized spacial score (nSPS) is 52.7. The summed E-state index contributed by atoms with van der Waals surface area (Å²) in [6, 6.07) is 0. The molecule has 0 amide bonds. The van der Waals surface area contributed by atoms with Crippen LogP contribution in [-0.4, -0.2) is 52.0 Å². The topological polar surface area (TPSA) is 96.2 Å². The highest BCUT2D eigenvalue weighted by molar-refractivity contribution is 5.77. The standard InChI is InChI=1S/C25H42O6/c1-5-25-12-8-18-23(3,19(25)7-11-22(2,29)15-25)9-6-10-24(18,4)21(28)31-20-17(27)13-16(26)14-30-20/h16-20,26-27,29H,5-15H2,1-4H3. The second kappa shape index (κ2) is 7.96. The number of aliphatic hydroxyl groups is 3. The van der Waals surface area contributed by atoms with Gasteiger partial charge in [-0.2, -0.15) is 0 Å². The molecule has 0 aromatic heterocycles. The maximum Gasteiger partial charge on any atom is 0.314 e. The van der Waals surface area contributed by atoms with Crippen LogP contribution in [0, 0.1) is 28.1 Å². The van der Waals surface area contributed by atoms with E-state index < -0.39 is 29.5 Å². The Labute approximate surface area is 186 Å². The highest BCUT2D eigenvalue weighted by atomic mass is 16.7. The number of hydrogen-bond acceptors (Lipinski definition) is 6. The minimum Gasteiger partial charge on any atom is -0.432 e. The Hall–Kier alpha value is -0.690. The van der Waals surface area contributed by atoms with E-state index in [9.17, 15) is 20.1 Å². The molecule has 4 fully saturated rings. The molecule has 6 nitrogen and oxygen atoms in total. The Kier molecular flexibility index (Phi) is 6.03. The van der Waals surface area contributed by atoms with Gasteiger partial charge in [0.05, 0.1) is 23.7 Å². The Morgan fingerprint density at radius 2 is 1.77 bits per heavy atom. The lowest BCUT2D eigenvalue weighted by Gasteiger charge is -2.65. The molecule has 31 heavy (non-hydrogen) atoms. The van der Waals surface area contributed by atoms with Crippen LogP contribution < -0.4 is 0 Å². The van der Waals surface area contributed by atoms with Crippen molar-refractivity contribution in [3.8, 4) is 0 Å². The van der Waals surface area contributed by atoms with Crippen molar-refractivity contribution in [2.45, 2.75) is 116 Å². The van der Waals surface area contributed by atoms with Crippen LogP contribution in [-0.2, 0) is 14.3 Å². The SMILES string of the molecule is CCC12CCC3C(C)(C(=O)OC4OCC(O)CC4O)CCCC3(C)C1CCC(C)(O)C2. The van der Waals surface area contributed by atoms with Crippen molar-refractivity contribution in [1.82, 2.24) is 0 Å². The van der Waals surface area contributed by atoms with Gasteiger partial charge < -0.3 is 24.8 Å². The second-order valence-corrected chi connectivity index (χ2v) is 11.9. The monoisotopic (exact) mass is 438 g/mol. The van der Waals surface area contributed by atoms with Crippen LogP contribution in [0.15, 0.2) is 0 Å². The summed E-state index contributed by atoms with van der Waals surface area (Å²) in [4.78, 5) is 13.5. The first-order chi connectivity index (χ1) is 14.5. The highest BCUT2D eigenvalue weighted by Gasteiger charge is 2.64. The van der Waals surface area contributed by atoms with Crippen molar-refractivity contribution < 1.29 is 29.6 Å². The van der Waals surface area contributed by atoms with Gasteiger partial charge in [0.25, 0.3) is 0 Å². The van der Waals surface area contributed by atoms with E-state index in [-0.39, 0.29) is 35.7 Å². The second-order valence-electron chi connectivity index (χ2n) is 11.9. The molecule has 0 spiro atoms. The number of aliphatic hydroxyl groups excluding tert-OH is 2. The maximum absolute atomic E-state index is 13.5. The third-order valence-corrected chi connectivity index (χ3v) is 9.82. The molecule has 178 valence electrons. The van der Waals surface area contributed by atoms with E-state index in [1.165, 1.54) is 0 Å². The van der Waals surface area contributed by atoms with Gasteiger partial charge >= 0.3 is 5.97 Å². The van der Waals surface area contributed by atoms with Crippen LogP contribution in [0.3, 0.4) is 0 Å². The number of ether oxygens (including phenoxy) is 2. The third kappa shape index (κ3) is 3.85. The van der Waals surface area contributed by atoms with E-state index in [2.05, 4.69) is 20.8 Å². The summed E-state index contributed by atoms with van der Waals surface area (Å²) in [5.41, 5.74) is -1.01. The summed E-state index contributed by atoms with van der Waals surface area (Å²) >= 11 is 0. The first-order valence-corrected chi connectivity index (χ1v) is 12.4. The van der Waals surface area contributed by atoms with Crippen molar-refractivity contribution in [1.29, 1.82) is 0 Å². The van der Waals surface area contributed by atoms with Gasteiger partial charge in [-0.15, -0.1) is 0 Å². The van der Waals surface area contributed by atoms with E-state index in [4.69, 9.17) is 9.47 Å². The smallest absolute Gasteiger partial charge is 0.314 e. The summed E-state index contributed by atoms with van der Waals surface area (Å²) in [5.74, 6) is 0.457. The first-order valence-electron chi connectivity index (χ1n) is 12.4. The van der Waals surface area contributed by atoms with Gasteiger partial charge in [0.2, 0.25) is 6.29 Å². The predicted molar refractivity (Wildman–Crippen MR) is 116 cm³/mol. The number of hydrogen-bond donors (Lipinski definition) is 3. The number of esters is 1. The van der Waals surface area contributed by atoms with Crippen LogP contribution in [0.25, 0.3) is 0 Å². The molecule has 1 saturated heterocycles. The molecule has 3 N–H and O–H groups in total. The number of carbonyl (C=O) groups is 1. The first kappa shape index (κ1) is 23.5. The summed E-state index contributed by atoms with van der Waals surface area (Å²) < 4.78 is 11.2. The third-order valence-electron chi connectivity index (χ3n) is 9.82. The van der Waals surface area contributed by atoms with Gasteiger partial charge in [0, 0.05) is 6.42 Å². The molecule has 1 aliphatic heterocycles. The molecule has 4 aliphatic rings. The Morgan fingerprint density at radius 1 is 1.06 bits per heavy atom. The Morgan fingerprint density at radius 3 is 2.45 bits per heavy atom. The van der Waals surface area contributed by atoms with Crippen LogP contribution in [0.5, 0.6) is 0 Å². The molecule has 0 radical (unpaired) electrons. The van der Waals surface area contributed by atoms with Crippen molar-refractivity contribution in [2.75, 3.05) is 6.61 Å². The minimum absolute atomic E-state index is 0.0407. The molecule has 1 heterocycles. The van der Waals surface area contributed by atoms with Gasteiger partial charge in [0.15, 0.2) is 0 Å². The fraction of sp³-hybridized carbons (Fsp3) is 0.960. The molecule has 3 saturated carbocycles. The van der Waals surface area contributed by atoms with Crippen LogP contribution in [0.1, 0.15) is 91.9 Å². The molecule has 9 atom stereocenters. The largest absolute Gasteiger partial charge is 0.432 e. The van der Waals surface area contributed by atoms with Gasteiger partial charge in [-0.1, -0.05) is 26.7 Å². The Bertz CT molecular complexity index is 693. The van der Waals surface area contributed by atoms with Crippen LogP contribution in [0.2, 0.25) is 0 Å². The van der Waals surface area contributed by atoms with E-state index in [1.807, 2.05) is 6.92 Å². The molecular formula is C25H42O6. The van der Waals surface area contributed by atoms with Gasteiger partial charge in [-0.25, -0.2) is 0 Å². The number of fused-ring (bicyclic) bond motifs is 3. The molecule has 4 rings (SSSR count). The van der Waals surface area contributed by atoms with Gasteiger partial charge in [0.1, 0.15) is 6.10 Å². The molecule has 3 aliphatic carbocycles. The zero-order chi connectivity index (χ0) is 22.7. The molecule has 6 heteroatoms. The average Bonchev–Trinajstić information content (AvgIpc) is 2.68. The maximum atomic E-state index is 13.5. The van der Waals surface area contributed by atoms with Gasteiger partial charge in [-0.3, -0.25) is 4.79 Å². The summed E-state index contributed by atoms with van der Waals surface area (Å²) in [7, 11) is 0. The molecule has 0 bridgehead atoms. The average molecular weight is 439 g/mol. The van der Waals surface area contributed by atoms with E-state index in [1.54, 1.807) is 0 Å². The van der Waals surface area contributed by atoms with Crippen molar-refractivity contribution >= 4 is 5.97 Å².